The van der Waals surface area contributed by atoms with Gasteiger partial charge in [-0.3, -0.25) is 4.79 Å². The van der Waals surface area contributed by atoms with Crippen LogP contribution in [0.2, 0.25) is 0 Å². The highest BCUT2D eigenvalue weighted by molar-refractivity contribution is 9.11. The summed E-state index contributed by atoms with van der Waals surface area (Å²) in [5.74, 6) is 1.40. The van der Waals surface area contributed by atoms with E-state index in [2.05, 4.69) is 31.9 Å². The van der Waals surface area contributed by atoms with E-state index >= 15 is 0 Å². The fourth-order valence-electron chi connectivity index (χ4n) is 5.26. The van der Waals surface area contributed by atoms with Crippen molar-refractivity contribution in [3.05, 3.63) is 26.6 Å². The Morgan fingerprint density at radius 3 is 2.00 bits per heavy atom. The molecule has 9 heteroatoms. The summed E-state index contributed by atoms with van der Waals surface area (Å²) in [5.41, 5.74) is 1.00. The van der Waals surface area contributed by atoms with E-state index in [1.54, 1.807) is 4.31 Å². The number of carbonyl (C=O) groups excluding carboxylic acids is 1. The lowest BCUT2D eigenvalue weighted by atomic mass is 9.79. The first-order valence-corrected chi connectivity index (χ1v) is 14.7. The second-order valence-electron chi connectivity index (χ2n) is 9.66. The summed E-state index contributed by atoms with van der Waals surface area (Å²) in [6, 6.07) is 3.73. The Morgan fingerprint density at radius 1 is 1.00 bits per heavy atom. The average molecular weight is 592 g/mol. The van der Waals surface area contributed by atoms with Crippen LogP contribution < -0.4 is 0 Å². The van der Waals surface area contributed by atoms with E-state index in [1.165, 1.54) is 0 Å². The predicted molar refractivity (Wildman–Crippen MR) is 132 cm³/mol. The van der Waals surface area contributed by atoms with E-state index in [4.69, 9.17) is 0 Å². The van der Waals surface area contributed by atoms with Gasteiger partial charge < -0.3 is 10.0 Å². The second kappa shape index (κ2) is 9.92. The molecule has 0 bridgehead atoms. The fraction of sp³-hybridized carbons (Fsp3) is 0.696. The van der Waals surface area contributed by atoms with Crippen LogP contribution in [0.15, 0.2) is 21.1 Å². The van der Waals surface area contributed by atoms with Crippen LogP contribution >= 0.6 is 31.9 Å². The lowest BCUT2D eigenvalue weighted by Gasteiger charge is -2.40. The van der Waals surface area contributed by atoms with E-state index in [1.807, 2.05) is 24.0 Å². The molecule has 2 aliphatic heterocycles. The highest BCUT2D eigenvalue weighted by atomic mass is 79.9. The first-order chi connectivity index (χ1) is 15.2. The van der Waals surface area contributed by atoms with Crippen LogP contribution in [0.25, 0.3) is 0 Å². The summed E-state index contributed by atoms with van der Waals surface area (Å²) in [7, 11) is -3.05. The Kier molecular flexibility index (Phi) is 7.59. The van der Waals surface area contributed by atoms with Crippen LogP contribution in [-0.4, -0.2) is 60.1 Å². The van der Waals surface area contributed by atoms with Crippen molar-refractivity contribution in [1.82, 2.24) is 9.21 Å². The molecule has 3 aliphatic rings. The van der Waals surface area contributed by atoms with Crippen LogP contribution in [-0.2, 0) is 21.2 Å². The van der Waals surface area contributed by atoms with Gasteiger partial charge in [0.15, 0.2) is 0 Å². The number of carbonyl (C=O) groups is 1. The minimum atomic E-state index is -3.05. The molecule has 2 saturated heterocycles. The maximum absolute atomic E-state index is 13.0. The molecule has 0 spiro atoms. The normalized spacial score (nSPS) is 22.8. The number of phenols is 1. The van der Waals surface area contributed by atoms with Crippen molar-refractivity contribution >= 4 is 47.8 Å². The molecule has 1 saturated carbocycles. The number of aromatic hydroxyl groups is 1. The molecule has 0 aromatic heterocycles. The first-order valence-electron chi connectivity index (χ1n) is 11.6. The number of hydrogen-bond acceptors (Lipinski definition) is 4. The fourth-order valence-corrected chi connectivity index (χ4v) is 8.41. The number of hydrogen-bond donors (Lipinski definition) is 1. The third kappa shape index (κ3) is 5.36. The van der Waals surface area contributed by atoms with Crippen LogP contribution in [0.1, 0.15) is 51.0 Å². The Morgan fingerprint density at radius 2 is 1.50 bits per heavy atom. The smallest absolute Gasteiger partial charge is 0.225 e. The second-order valence-corrected chi connectivity index (χ2v) is 13.6. The molecular formula is C23H32Br2N2O4S. The minimum Gasteiger partial charge on any atom is -0.506 e. The molecule has 1 aromatic carbocycles. The summed E-state index contributed by atoms with van der Waals surface area (Å²) in [5, 5.41) is 9.78. The van der Waals surface area contributed by atoms with Crippen molar-refractivity contribution in [2.45, 2.75) is 57.1 Å². The number of sulfonamides is 1. The summed E-state index contributed by atoms with van der Waals surface area (Å²) in [6.45, 7) is 4.88. The van der Waals surface area contributed by atoms with Gasteiger partial charge in [-0.25, -0.2) is 12.7 Å². The highest BCUT2D eigenvalue weighted by Gasteiger charge is 2.42. The molecule has 3 fully saturated rings. The van der Waals surface area contributed by atoms with Crippen LogP contribution in [0, 0.1) is 17.8 Å². The quantitative estimate of drug-likeness (QED) is 0.527. The number of rotatable bonds is 6. The van der Waals surface area contributed by atoms with Gasteiger partial charge in [-0.2, -0.15) is 0 Å². The Bertz CT molecular complexity index is 928. The standard InChI is InChI=1S/C23H32Br2N2O4S/c1-15(12-16-13-20(24)22(28)21(25)14-16)23(29)26-8-4-17(5-9-26)18-6-10-27(11-7-18)32(30,31)19-2-3-19/h13-15,17-19,28H,2-12H2,1H3/t15-/m1/s1. The molecule has 6 nitrogen and oxygen atoms in total. The van der Waals surface area contributed by atoms with Gasteiger partial charge in [0.25, 0.3) is 0 Å². The monoisotopic (exact) mass is 590 g/mol. The summed E-state index contributed by atoms with van der Waals surface area (Å²) in [4.78, 5) is 15.0. The number of phenolic OH excluding ortho intramolecular Hbond substituents is 1. The Hall–Kier alpha value is -0.640. The third-order valence-electron chi connectivity index (χ3n) is 7.36. The molecular weight excluding hydrogens is 560 g/mol. The van der Waals surface area contributed by atoms with Gasteiger partial charge in [-0.15, -0.1) is 0 Å². The van der Waals surface area contributed by atoms with E-state index in [0.29, 0.717) is 40.3 Å². The van der Waals surface area contributed by atoms with Crippen molar-refractivity contribution in [3.8, 4) is 5.75 Å². The maximum atomic E-state index is 13.0. The topological polar surface area (TPSA) is 77.9 Å². The van der Waals surface area contributed by atoms with E-state index in [-0.39, 0.29) is 22.8 Å². The van der Waals surface area contributed by atoms with Crippen molar-refractivity contribution in [2.75, 3.05) is 26.2 Å². The summed E-state index contributed by atoms with van der Waals surface area (Å²) >= 11 is 6.72. The van der Waals surface area contributed by atoms with E-state index < -0.39 is 10.0 Å². The van der Waals surface area contributed by atoms with Gasteiger partial charge in [0, 0.05) is 32.1 Å². The van der Waals surface area contributed by atoms with Gasteiger partial charge in [-0.1, -0.05) is 6.92 Å². The zero-order valence-electron chi connectivity index (χ0n) is 18.5. The molecule has 1 aromatic rings. The third-order valence-corrected chi connectivity index (χ3v) is 11.0. The number of benzene rings is 1. The lowest BCUT2D eigenvalue weighted by molar-refractivity contribution is -0.136. The van der Waals surface area contributed by atoms with Crippen molar-refractivity contribution in [1.29, 1.82) is 0 Å². The molecule has 178 valence electrons. The molecule has 1 atom stereocenters. The largest absolute Gasteiger partial charge is 0.506 e. The van der Waals surface area contributed by atoms with E-state index in [9.17, 15) is 18.3 Å². The maximum Gasteiger partial charge on any atom is 0.225 e. The molecule has 1 aliphatic carbocycles. The Balaban J connectivity index is 1.25. The van der Waals surface area contributed by atoms with Crippen LogP contribution in [0.3, 0.4) is 0 Å². The molecule has 1 amide bonds. The molecule has 1 N–H and O–H groups in total. The van der Waals surface area contributed by atoms with Gasteiger partial charge in [-0.05, 0) is 106 Å². The molecule has 0 unspecified atom stereocenters. The molecule has 4 rings (SSSR count). The van der Waals surface area contributed by atoms with Gasteiger partial charge in [0.1, 0.15) is 5.75 Å². The predicted octanol–water partition coefficient (Wildman–Crippen LogP) is 4.54. The molecule has 32 heavy (non-hydrogen) atoms. The minimum absolute atomic E-state index is 0.112. The number of piperidine rings is 2. The SMILES string of the molecule is C[C@H](Cc1cc(Br)c(O)c(Br)c1)C(=O)N1CCC(C2CCN(S(=O)(=O)C3CC3)CC2)CC1. The molecule has 2 heterocycles. The number of nitrogens with zero attached hydrogens (tertiary/aromatic N) is 2. The van der Waals surface area contributed by atoms with Crippen LogP contribution in [0.4, 0.5) is 0 Å². The van der Waals surface area contributed by atoms with Gasteiger partial charge in [0.05, 0.1) is 14.2 Å². The zero-order chi connectivity index (χ0) is 23.0. The molecule has 0 radical (unpaired) electrons. The average Bonchev–Trinajstić information content (AvgIpc) is 3.63. The number of amides is 1. The number of halogens is 2. The van der Waals surface area contributed by atoms with Crippen molar-refractivity contribution < 1.29 is 18.3 Å². The van der Waals surface area contributed by atoms with Crippen molar-refractivity contribution in [3.63, 3.8) is 0 Å². The van der Waals surface area contributed by atoms with Crippen LogP contribution in [0.5, 0.6) is 5.75 Å². The highest BCUT2D eigenvalue weighted by Crippen LogP contribution is 2.37. The summed E-state index contributed by atoms with van der Waals surface area (Å²) < 4.78 is 27.9. The van der Waals surface area contributed by atoms with Crippen molar-refractivity contribution in [2.24, 2.45) is 17.8 Å². The van der Waals surface area contributed by atoms with E-state index in [0.717, 1.165) is 57.2 Å². The van der Waals surface area contributed by atoms with Gasteiger partial charge in [0.2, 0.25) is 15.9 Å². The number of likely N-dealkylation sites (tertiary alicyclic amines) is 1. The lowest BCUT2D eigenvalue weighted by Crippen LogP contribution is -2.45. The summed E-state index contributed by atoms with van der Waals surface area (Å²) in [6.07, 6.45) is 6.20. The first kappa shape index (κ1) is 24.5. The van der Waals surface area contributed by atoms with Gasteiger partial charge >= 0.3 is 0 Å². The zero-order valence-corrected chi connectivity index (χ0v) is 22.5. The Labute approximate surface area is 208 Å².